The number of nitrogens with zero attached hydrogens (tertiary/aromatic N) is 1. The summed E-state index contributed by atoms with van der Waals surface area (Å²) in [5.74, 6) is -1.31. The van der Waals surface area contributed by atoms with Crippen molar-refractivity contribution in [3.63, 3.8) is 0 Å². The van der Waals surface area contributed by atoms with Crippen LogP contribution in [-0.2, 0) is 15.0 Å². The molecule has 0 aliphatic carbocycles. The molecule has 2 aromatic rings. The third kappa shape index (κ3) is 6.43. The van der Waals surface area contributed by atoms with Gasteiger partial charge in [-0.25, -0.2) is 0 Å². The van der Waals surface area contributed by atoms with E-state index in [0.717, 1.165) is 22.3 Å². The molecular formula is C24H24N2O5S2. The lowest BCUT2D eigenvalue weighted by Gasteiger charge is -2.19. The van der Waals surface area contributed by atoms with Gasteiger partial charge in [0.2, 0.25) is 0 Å². The number of ether oxygens (including phenoxy) is 1. The molecule has 1 saturated heterocycles. The van der Waals surface area contributed by atoms with Gasteiger partial charge in [-0.2, -0.15) is 5.01 Å². The molecule has 9 heteroatoms. The van der Waals surface area contributed by atoms with E-state index in [-0.39, 0.29) is 22.8 Å². The molecule has 0 unspecified atom stereocenters. The topological polar surface area (TPSA) is 95.9 Å². The molecule has 0 atom stereocenters. The zero-order chi connectivity index (χ0) is 24.2. The summed E-state index contributed by atoms with van der Waals surface area (Å²) in [5, 5.41) is 9.79. The Morgan fingerprint density at radius 1 is 1.18 bits per heavy atom. The van der Waals surface area contributed by atoms with Crippen molar-refractivity contribution in [1.82, 2.24) is 10.4 Å². The average Bonchev–Trinajstić information content (AvgIpc) is 3.00. The number of hydrazine groups is 1. The van der Waals surface area contributed by atoms with E-state index in [0.29, 0.717) is 21.8 Å². The lowest BCUT2D eigenvalue weighted by Crippen LogP contribution is -2.44. The van der Waals surface area contributed by atoms with Crippen LogP contribution in [-0.4, -0.2) is 38.8 Å². The summed E-state index contributed by atoms with van der Waals surface area (Å²) in [4.78, 5) is 36.5. The highest BCUT2D eigenvalue weighted by molar-refractivity contribution is 8.26. The van der Waals surface area contributed by atoms with Gasteiger partial charge < -0.3 is 9.84 Å². The number of hydrogen-bond acceptors (Lipinski definition) is 6. The van der Waals surface area contributed by atoms with Gasteiger partial charge in [0.15, 0.2) is 4.32 Å². The number of carboxylic acids is 1. The number of thiocarbonyl (C=S) groups is 1. The third-order valence-corrected chi connectivity index (χ3v) is 6.06. The second-order valence-corrected chi connectivity index (χ2v) is 10.0. The summed E-state index contributed by atoms with van der Waals surface area (Å²) in [6.07, 6.45) is 1.54. The number of rotatable bonds is 7. The van der Waals surface area contributed by atoms with Crippen LogP contribution in [0.15, 0.2) is 53.4 Å². The number of hydrogen-bond donors (Lipinski definition) is 2. The van der Waals surface area contributed by atoms with Crippen LogP contribution >= 0.6 is 24.0 Å². The molecule has 1 heterocycles. The normalized spacial score (nSPS) is 15.1. The summed E-state index contributed by atoms with van der Waals surface area (Å²) in [5.41, 5.74) is 4.76. The zero-order valence-corrected chi connectivity index (χ0v) is 20.1. The van der Waals surface area contributed by atoms with E-state index in [1.165, 1.54) is 0 Å². The van der Waals surface area contributed by atoms with E-state index in [1.54, 1.807) is 42.5 Å². The monoisotopic (exact) mass is 484 g/mol. The van der Waals surface area contributed by atoms with Gasteiger partial charge in [-0.15, -0.1) is 0 Å². The highest BCUT2D eigenvalue weighted by Crippen LogP contribution is 2.32. The van der Waals surface area contributed by atoms with E-state index < -0.39 is 17.8 Å². The molecule has 0 bridgehead atoms. The van der Waals surface area contributed by atoms with Crippen LogP contribution in [0.1, 0.15) is 48.7 Å². The van der Waals surface area contributed by atoms with Gasteiger partial charge in [-0.05, 0) is 59.1 Å². The van der Waals surface area contributed by atoms with Gasteiger partial charge >= 0.3 is 5.97 Å². The van der Waals surface area contributed by atoms with Crippen molar-refractivity contribution in [2.75, 3.05) is 6.61 Å². The number of carbonyl (C=O) groups is 3. The second kappa shape index (κ2) is 10.2. The molecule has 33 heavy (non-hydrogen) atoms. The van der Waals surface area contributed by atoms with Crippen LogP contribution in [0.5, 0.6) is 5.75 Å². The number of thioether (sulfide) groups is 1. The van der Waals surface area contributed by atoms with Gasteiger partial charge in [-0.3, -0.25) is 19.8 Å². The van der Waals surface area contributed by atoms with Crippen molar-refractivity contribution < 1.29 is 24.2 Å². The fraction of sp³-hybridized carbons (Fsp3) is 0.250. The Kier molecular flexibility index (Phi) is 7.55. The maximum Gasteiger partial charge on any atom is 0.306 e. The Morgan fingerprint density at radius 2 is 1.88 bits per heavy atom. The lowest BCUT2D eigenvalue weighted by atomic mass is 9.87. The summed E-state index contributed by atoms with van der Waals surface area (Å²) < 4.78 is 5.65. The van der Waals surface area contributed by atoms with Crippen LogP contribution in [0.3, 0.4) is 0 Å². The van der Waals surface area contributed by atoms with Crippen LogP contribution in [0.25, 0.3) is 6.08 Å². The number of amides is 2. The van der Waals surface area contributed by atoms with E-state index in [9.17, 15) is 14.4 Å². The number of carbonyl (C=O) groups excluding carboxylic acids is 2. The minimum absolute atomic E-state index is 0.0313. The van der Waals surface area contributed by atoms with E-state index >= 15 is 0 Å². The first-order valence-corrected chi connectivity index (χ1v) is 11.4. The smallest absolute Gasteiger partial charge is 0.306 e. The molecular weight excluding hydrogens is 460 g/mol. The van der Waals surface area contributed by atoms with Crippen LogP contribution < -0.4 is 10.2 Å². The predicted molar refractivity (Wildman–Crippen MR) is 132 cm³/mol. The van der Waals surface area contributed by atoms with E-state index in [4.69, 9.17) is 22.1 Å². The van der Waals surface area contributed by atoms with Gasteiger partial charge in [0.05, 0.1) is 17.9 Å². The van der Waals surface area contributed by atoms with Crippen LogP contribution in [0, 0.1) is 0 Å². The molecule has 2 aromatic carbocycles. The SMILES string of the molecule is CC(C)(C)c1ccc(C(=O)NN2C(=O)/C(=C\c3cccc(OCCC(=O)O)c3)SC2=S)cc1. The highest BCUT2D eigenvalue weighted by Gasteiger charge is 2.33. The number of nitrogens with one attached hydrogen (secondary N) is 1. The first kappa shape index (κ1) is 24.5. The quantitative estimate of drug-likeness (QED) is 0.445. The Labute approximate surface area is 201 Å². The van der Waals surface area contributed by atoms with Crippen molar-refractivity contribution in [3.8, 4) is 5.75 Å². The first-order valence-electron chi connectivity index (χ1n) is 10.2. The molecule has 7 nitrogen and oxygen atoms in total. The zero-order valence-electron chi connectivity index (χ0n) is 18.5. The molecule has 2 N–H and O–H groups in total. The number of aliphatic carboxylic acids is 1. The van der Waals surface area contributed by atoms with Crippen molar-refractivity contribution in [2.45, 2.75) is 32.6 Å². The molecule has 0 radical (unpaired) electrons. The van der Waals surface area contributed by atoms with Crippen molar-refractivity contribution in [2.24, 2.45) is 0 Å². The summed E-state index contributed by atoms with van der Waals surface area (Å²) in [6.45, 7) is 6.31. The minimum Gasteiger partial charge on any atom is -0.493 e. The Morgan fingerprint density at radius 3 is 2.52 bits per heavy atom. The van der Waals surface area contributed by atoms with E-state index in [1.807, 2.05) is 12.1 Å². The molecule has 1 fully saturated rings. The average molecular weight is 485 g/mol. The van der Waals surface area contributed by atoms with Gasteiger partial charge in [0, 0.05) is 5.56 Å². The fourth-order valence-corrected chi connectivity index (χ4v) is 4.13. The van der Waals surface area contributed by atoms with Crippen LogP contribution in [0.4, 0.5) is 0 Å². The predicted octanol–water partition coefficient (Wildman–Crippen LogP) is 4.38. The van der Waals surface area contributed by atoms with Gasteiger partial charge in [0.1, 0.15) is 5.75 Å². The molecule has 1 aliphatic rings. The highest BCUT2D eigenvalue weighted by atomic mass is 32.2. The Hall–Kier alpha value is -3.17. The van der Waals surface area contributed by atoms with Gasteiger partial charge in [0.25, 0.3) is 11.8 Å². The largest absolute Gasteiger partial charge is 0.493 e. The summed E-state index contributed by atoms with van der Waals surface area (Å²) in [7, 11) is 0. The maximum absolute atomic E-state index is 12.8. The molecule has 172 valence electrons. The molecule has 2 amide bonds. The Bertz CT molecular complexity index is 1120. The minimum atomic E-state index is -0.943. The van der Waals surface area contributed by atoms with Crippen molar-refractivity contribution >= 4 is 52.2 Å². The van der Waals surface area contributed by atoms with Crippen molar-refractivity contribution in [3.05, 3.63) is 70.1 Å². The Balaban J connectivity index is 1.68. The standard InChI is InChI=1S/C24H24N2O5S2/c1-24(2,3)17-9-7-16(8-10-17)21(29)25-26-22(30)19(33-23(26)32)14-15-5-4-6-18(13-15)31-12-11-20(27)28/h4-10,13-14H,11-12H2,1-3H3,(H,25,29)(H,27,28)/b19-14+. The fourth-order valence-electron chi connectivity index (χ4n) is 2.95. The molecule has 3 rings (SSSR count). The van der Waals surface area contributed by atoms with Crippen LogP contribution in [0.2, 0.25) is 0 Å². The van der Waals surface area contributed by atoms with E-state index in [2.05, 4.69) is 26.2 Å². The first-order chi connectivity index (χ1) is 15.5. The molecule has 0 aromatic heterocycles. The summed E-state index contributed by atoms with van der Waals surface area (Å²) >= 11 is 6.37. The molecule has 1 aliphatic heterocycles. The van der Waals surface area contributed by atoms with Gasteiger partial charge in [-0.1, -0.05) is 56.8 Å². The third-order valence-electron chi connectivity index (χ3n) is 4.76. The maximum atomic E-state index is 12.8. The number of benzene rings is 2. The lowest BCUT2D eigenvalue weighted by molar-refractivity contribution is -0.137. The molecule has 0 spiro atoms. The molecule has 0 saturated carbocycles. The number of carboxylic acid groups (broad SMARTS) is 1. The van der Waals surface area contributed by atoms with Crippen molar-refractivity contribution in [1.29, 1.82) is 0 Å². The second-order valence-electron chi connectivity index (χ2n) is 8.35. The summed E-state index contributed by atoms with van der Waals surface area (Å²) in [6, 6.07) is 14.2.